The lowest BCUT2D eigenvalue weighted by Gasteiger charge is -2.17. The zero-order valence-corrected chi connectivity index (χ0v) is 13.7. The second kappa shape index (κ2) is 8.65. The predicted molar refractivity (Wildman–Crippen MR) is 82.1 cm³/mol. The van der Waals surface area contributed by atoms with Crippen LogP contribution in [-0.2, 0) is 25.3 Å². The van der Waals surface area contributed by atoms with Crippen LogP contribution < -0.4 is 15.6 Å². The molecule has 1 rings (SSSR count). The normalized spacial score (nSPS) is 12.3. The Morgan fingerprint density at radius 1 is 1.38 bits per heavy atom. The van der Waals surface area contributed by atoms with Crippen LogP contribution >= 0.6 is 7.82 Å². The van der Waals surface area contributed by atoms with Gasteiger partial charge in [-0.1, -0.05) is 6.07 Å². The monoisotopic (exact) mass is 362 g/mol. The fourth-order valence-electron chi connectivity index (χ4n) is 1.81. The van der Waals surface area contributed by atoms with Crippen molar-refractivity contribution >= 4 is 19.7 Å². The number of esters is 1. The smallest absolute Gasteiger partial charge is 0.504 e. The molecule has 24 heavy (non-hydrogen) atoms. The zero-order valence-electron chi connectivity index (χ0n) is 12.8. The topological polar surface area (TPSA) is 168 Å². The van der Waals surface area contributed by atoms with Gasteiger partial charge in [-0.3, -0.25) is 14.6 Å². The molecule has 0 aliphatic rings. The maximum Gasteiger partial charge on any atom is 0.524 e. The average Bonchev–Trinajstić information content (AvgIpc) is 2.48. The quantitative estimate of drug-likeness (QED) is 0.300. The number of rotatable bonds is 8. The number of hydrogen-bond acceptors (Lipinski definition) is 7. The molecule has 0 spiro atoms. The average molecular weight is 362 g/mol. The first-order valence-corrected chi connectivity index (χ1v) is 8.42. The van der Waals surface area contributed by atoms with Gasteiger partial charge in [-0.25, -0.2) is 9.36 Å². The Hall–Kier alpha value is -2.13. The van der Waals surface area contributed by atoms with Crippen molar-refractivity contribution < 1.29 is 38.3 Å². The highest BCUT2D eigenvalue weighted by Crippen LogP contribution is 2.41. The first kappa shape index (κ1) is 19.9. The first-order valence-electron chi connectivity index (χ1n) is 6.89. The Morgan fingerprint density at radius 3 is 2.58 bits per heavy atom. The number of ether oxygens (including phenoxy) is 1. The lowest BCUT2D eigenvalue weighted by Crippen LogP contribution is -2.45. The summed E-state index contributed by atoms with van der Waals surface area (Å²) in [5.74, 6) is -2.20. The molecule has 0 heterocycles. The maximum absolute atomic E-state index is 11.9. The highest BCUT2D eigenvalue weighted by atomic mass is 31.2. The molecule has 1 amide bonds. The Labute approximate surface area is 137 Å². The van der Waals surface area contributed by atoms with Gasteiger partial charge in [-0.15, -0.1) is 0 Å². The van der Waals surface area contributed by atoms with Gasteiger partial charge < -0.3 is 25.4 Å². The van der Waals surface area contributed by atoms with Gasteiger partial charge in [-0.05, 0) is 24.6 Å². The Morgan fingerprint density at radius 2 is 2.04 bits per heavy atom. The summed E-state index contributed by atoms with van der Waals surface area (Å²) in [5, 5.41) is 11.9. The molecule has 1 aromatic carbocycles. The van der Waals surface area contributed by atoms with E-state index >= 15 is 0 Å². The summed E-state index contributed by atoms with van der Waals surface area (Å²) in [5.41, 5.74) is 5.56. The molecule has 1 atom stereocenters. The highest BCUT2D eigenvalue weighted by Gasteiger charge is 2.24. The van der Waals surface area contributed by atoms with Crippen LogP contribution in [0.2, 0.25) is 0 Å². The number of nitrogens with two attached hydrogens (primary N) is 1. The summed E-state index contributed by atoms with van der Waals surface area (Å²) in [4.78, 5) is 40.9. The van der Waals surface area contributed by atoms with Crippen molar-refractivity contribution in [2.24, 2.45) is 5.73 Å². The number of phosphoric ester groups is 1. The second-order valence-corrected chi connectivity index (χ2v) is 5.83. The van der Waals surface area contributed by atoms with Gasteiger partial charge in [0.2, 0.25) is 5.91 Å². The number of carbonyl (C=O) groups is 2. The van der Waals surface area contributed by atoms with Crippen molar-refractivity contribution in [1.29, 1.82) is 0 Å². The number of carbonyl (C=O) groups excluding carboxylic acids is 2. The summed E-state index contributed by atoms with van der Waals surface area (Å²) in [6, 6.07) is 2.65. The Bertz CT molecular complexity index is 645. The summed E-state index contributed by atoms with van der Waals surface area (Å²) in [6.07, 6.45) is -0.0532. The van der Waals surface area contributed by atoms with Gasteiger partial charge in [0.25, 0.3) is 0 Å². The fourth-order valence-corrected chi connectivity index (χ4v) is 2.21. The predicted octanol–water partition coefficient (Wildman–Crippen LogP) is -0.587. The molecule has 0 bridgehead atoms. The summed E-state index contributed by atoms with van der Waals surface area (Å²) >= 11 is 0. The van der Waals surface area contributed by atoms with Crippen molar-refractivity contribution in [3.05, 3.63) is 23.8 Å². The van der Waals surface area contributed by atoms with E-state index in [0.717, 1.165) is 12.1 Å². The third-order valence-corrected chi connectivity index (χ3v) is 3.21. The molecule has 0 fully saturated rings. The van der Waals surface area contributed by atoms with Crippen molar-refractivity contribution in [3.8, 4) is 11.5 Å². The van der Waals surface area contributed by atoms with Crippen LogP contribution in [0.4, 0.5) is 0 Å². The van der Waals surface area contributed by atoms with Gasteiger partial charge in [0.05, 0.1) is 13.2 Å². The number of phenolic OH excluding ortho intramolecular Hbond substituents is 1. The third kappa shape index (κ3) is 6.55. The van der Waals surface area contributed by atoms with Crippen molar-refractivity contribution in [2.75, 3.05) is 13.2 Å². The van der Waals surface area contributed by atoms with Gasteiger partial charge in [-0.2, -0.15) is 0 Å². The first-order chi connectivity index (χ1) is 11.2. The number of aromatic hydroxyl groups is 1. The van der Waals surface area contributed by atoms with E-state index in [9.17, 15) is 19.3 Å². The molecule has 6 N–H and O–H groups in total. The minimum absolute atomic E-state index is 0.0532. The SMILES string of the molecule is CCOC(=O)[C@H](Cc1ccc(O)c(OP(=O)(O)O)c1)NC(=O)CN. The van der Waals surface area contributed by atoms with Gasteiger partial charge in [0, 0.05) is 6.42 Å². The van der Waals surface area contributed by atoms with E-state index in [4.69, 9.17) is 20.3 Å². The molecule has 0 radical (unpaired) electrons. The molecular weight excluding hydrogens is 343 g/mol. The molecule has 0 saturated heterocycles. The Balaban J connectivity index is 3.00. The van der Waals surface area contributed by atoms with Crippen LogP contribution in [0.1, 0.15) is 12.5 Å². The van der Waals surface area contributed by atoms with Gasteiger partial charge in [0.1, 0.15) is 6.04 Å². The molecule has 11 heteroatoms. The number of nitrogens with one attached hydrogen (secondary N) is 1. The van der Waals surface area contributed by atoms with E-state index in [1.807, 2.05) is 0 Å². The minimum atomic E-state index is -4.86. The van der Waals surface area contributed by atoms with E-state index in [0.29, 0.717) is 5.56 Å². The molecule has 0 unspecified atom stereocenters. The standard InChI is InChI=1S/C13H19N2O8P/c1-2-22-13(18)9(15-12(17)7-14)5-8-3-4-10(16)11(6-8)23-24(19,20)21/h3-4,6,9,16H,2,5,7,14H2,1H3,(H,15,17)(H2,19,20,21)/t9-/m0/s1. The van der Waals surface area contributed by atoms with E-state index in [1.54, 1.807) is 6.92 Å². The van der Waals surface area contributed by atoms with Crippen LogP contribution in [0.5, 0.6) is 11.5 Å². The summed E-state index contributed by atoms with van der Waals surface area (Å²) in [6.45, 7) is 1.39. The van der Waals surface area contributed by atoms with Crippen molar-refractivity contribution in [1.82, 2.24) is 5.32 Å². The van der Waals surface area contributed by atoms with Crippen LogP contribution in [-0.4, -0.2) is 46.0 Å². The molecule has 134 valence electrons. The highest BCUT2D eigenvalue weighted by molar-refractivity contribution is 7.46. The van der Waals surface area contributed by atoms with E-state index in [1.165, 1.54) is 6.07 Å². The van der Waals surface area contributed by atoms with E-state index in [2.05, 4.69) is 9.84 Å². The summed E-state index contributed by atoms with van der Waals surface area (Å²) in [7, 11) is -4.86. The third-order valence-electron chi connectivity index (χ3n) is 2.77. The maximum atomic E-state index is 11.9. The number of amides is 1. The van der Waals surface area contributed by atoms with Crippen molar-refractivity contribution in [2.45, 2.75) is 19.4 Å². The second-order valence-electron chi connectivity index (χ2n) is 4.66. The van der Waals surface area contributed by atoms with E-state index in [-0.39, 0.29) is 19.6 Å². The lowest BCUT2D eigenvalue weighted by molar-refractivity contribution is -0.147. The van der Waals surface area contributed by atoms with Crippen LogP contribution in [0, 0.1) is 0 Å². The van der Waals surface area contributed by atoms with Crippen molar-refractivity contribution in [3.63, 3.8) is 0 Å². The van der Waals surface area contributed by atoms with Crippen LogP contribution in [0.25, 0.3) is 0 Å². The molecular formula is C13H19N2O8P. The molecule has 0 aliphatic carbocycles. The van der Waals surface area contributed by atoms with Crippen LogP contribution in [0.15, 0.2) is 18.2 Å². The fraction of sp³-hybridized carbons (Fsp3) is 0.385. The van der Waals surface area contributed by atoms with Gasteiger partial charge in [0.15, 0.2) is 11.5 Å². The summed E-state index contributed by atoms with van der Waals surface area (Å²) < 4.78 is 20.1. The Kier molecular flexibility index (Phi) is 7.18. The number of phenols is 1. The lowest BCUT2D eigenvalue weighted by atomic mass is 10.1. The zero-order chi connectivity index (χ0) is 18.3. The number of benzene rings is 1. The molecule has 0 aliphatic heterocycles. The van der Waals surface area contributed by atoms with E-state index < -0.39 is 37.2 Å². The molecule has 0 saturated carbocycles. The number of phosphoric acid groups is 1. The molecule has 1 aromatic rings. The number of hydrogen-bond donors (Lipinski definition) is 5. The largest absolute Gasteiger partial charge is 0.524 e. The van der Waals surface area contributed by atoms with Gasteiger partial charge >= 0.3 is 13.8 Å². The molecule has 0 aromatic heterocycles. The van der Waals surface area contributed by atoms with Crippen LogP contribution in [0.3, 0.4) is 0 Å². The minimum Gasteiger partial charge on any atom is -0.504 e. The molecule has 10 nitrogen and oxygen atoms in total.